The minimum absolute atomic E-state index is 0.462. The van der Waals surface area contributed by atoms with E-state index in [9.17, 15) is 0 Å². The molecule has 1 aromatic heterocycles. The molecule has 1 aromatic rings. The van der Waals surface area contributed by atoms with Crippen LogP contribution < -0.4 is 5.73 Å². The van der Waals surface area contributed by atoms with Gasteiger partial charge in [-0.05, 0) is 24.0 Å². The molecule has 0 saturated carbocycles. The van der Waals surface area contributed by atoms with Crippen molar-refractivity contribution in [1.29, 1.82) is 0 Å². The smallest absolute Gasteiger partial charge is 0.123 e. The molecular formula is C10H16N2. The molecule has 0 aliphatic heterocycles. The molecule has 0 aliphatic carbocycles. The van der Waals surface area contributed by atoms with Crippen molar-refractivity contribution in [3.8, 4) is 0 Å². The third kappa shape index (κ3) is 1.76. The maximum Gasteiger partial charge on any atom is 0.123 e. The zero-order valence-corrected chi connectivity index (χ0v) is 7.96. The number of nitrogens with two attached hydrogens (primary N) is 1. The Bertz CT molecular complexity index is 267. The van der Waals surface area contributed by atoms with Gasteiger partial charge in [0.25, 0.3) is 0 Å². The number of aryl methyl sites for hydroxylation is 1. The van der Waals surface area contributed by atoms with Gasteiger partial charge in [-0.3, -0.25) is 0 Å². The van der Waals surface area contributed by atoms with E-state index in [4.69, 9.17) is 5.73 Å². The van der Waals surface area contributed by atoms with Gasteiger partial charge in [0.1, 0.15) is 5.82 Å². The Labute approximate surface area is 73.8 Å². The first-order valence-corrected chi connectivity index (χ1v) is 4.40. The van der Waals surface area contributed by atoms with Gasteiger partial charge in [0, 0.05) is 5.69 Å². The maximum atomic E-state index is 5.61. The summed E-state index contributed by atoms with van der Waals surface area (Å²) in [4.78, 5) is 4.32. The number of nitrogen functional groups attached to an aromatic ring is 1. The van der Waals surface area contributed by atoms with Crippen LogP contribution in [-0.2, 0) is 6.42 Å². The van der Waals surface area contributed by atoms with Crippen LogP contribution in [0.5, 0.6) is 0 Å². The van der Waals surface area contributed by atoms with E-state index in [-0.39, 0.29) is 0 Å². The molecule has 66 valence electrons. The van der Waals surface area contributed by atoms with Crippen molar-refractivity contribution in [2.75, 3.05) is 5.73 Å². The van der Waals surface area contributed by atoms with Crippen molar-refractivity contribution in [3.63, 3.8) is 0 Å². The van der Waals surface area contributed by atoms with Crippen LogP contribution in [-0.4, -0.2) is 4.98 Å². The van der Waals surface area contributed by atoms with E-state index in [1.807, 2.05) is 6.07 Å². The van der Waals surface area contributed by atoms with E-state index in [0.29, 0.717) is 11.7 Å². The van der Waals surface area contributed by atoms with Crippen molar-refractivity contribution in [3.05, 3.63) is 23.4 Å². The first-order valence-electron chi connectivity index (χ1n) is 4.40. The molecule has 0 unspecified atom stereocenters. The summed E-state index contributed by atoms with van der Waals surface area (Å²) in [5.74, 6) is 1.08. The zero-order chi connectivity index (χ0) is 9.14. The SMILES string of the molecule is CCc1ccc(N)nc1C(C)C. The molecule has 1 heterocycles. The topological polar surface area (TPSA) is 38.9 Å². The normalized spacial score (nSPS) is 10.7. The van der Waals surface area contributed by atoms with Crippen LogP contribution in [0.25, 0.3) is 0 Å². The number of aromatic nitrogens is 1. The van der Waals surface area contributed by atoms with Crippen LogP contribution >= 0.6 is 0 Å². The standard InChI is InChI=1S/C10H16N2/c1-4-8-5-6-9(11)12-10(8)7(2)3/h5-7H,4H2,1-3H3,(H2,11,12). The maximum absolute atomic E-state index is 5.61. The average molecular weight is 164 g/mol. The highest BCUT2D eigenvalue weighted by molar-refractivity contribution is 5.35. The number of anilines is 1. The highest BCUT2D eigenvalue weighted by Gasteiger charge is 2.06. The molecule has 1 rings (SSSR count). The Morgan fingerprint density at radius 2 is 2.08 bits per heavy atom. The number of rotatable bonds is 2. The van der Waals surface area contributed by atoms with Gasteiger partial charge in [0.15, 0.2) is 0 Å². The van der Waals surface area contributed by atoms with Crippen molar-refractivity contribution in [1.82, 2.24) is 4.98 Å². The summed E-state index contributed by atoms with van der Waals surface area (Å²) in [5, 5.41) is 0. The second-order valence-electron chi connectivity index (χ2n) is 3.29. The van der Waals surface area contributed by atoms with E-state index in [1.165, 1.54) is 5.56 Å². The fraction of sp³-hybridized carbons (Fsp3) is 0.500. The Hall–Kier alpha value is -1.05. The molecule has 0 amide bonds. The molecule has 2 nitrogen and oxygen atoms in total. The van der Waals surface area contributed by atoms with Crippen molar-refractivity contribution < 1.29 is 0 Å². The molecule has 2 heteroatoms. The van der Waals surface area contributed by atoms with Crippen molar-refractivity contribution in [2.45, 2.75) is 33.1 Å². The van der Waals surface area contributed by atoms with E-state index in [1.54, 1.807) is 0 Å². The summed E-state index contributed by atoms with van der Waals surface area (Å²) in [6.07, 6.45) is 1.03. The summed E-state index contributed by atoms with van der Waals surface area (Å²) in [6.45, 7) is 6.42. The Morgan fingerprint density at radius 1 is 1.42 bits per heavy atom. The molecular weight excluding hydrogens is 148 g/mol. The third-order valence-electron chi connectivity index (χ3n) is 1.96. The molecule has 0 atom stereocenters. The van der Waals surface area contributed by atoms with Crippen LogP contribution in [0.4, 0.5) is 5.82 Å². The summed E-state index contributed by atoms with van der Waals surface area (Å²) >= 11 is 0. The van der Waals surface area contributed by atoms with Crippen LogP contribution in [0.1, 0.15) is 37.9 Å². The third-order valence-corrected chi connectivity index (χ3v) is 1.96. The fourth-order valence-corrected chi connectivity index (χ4v) is 1.32. The van der Waals surface area contributed by atoms with Crippen LogP contribution in [0, 0.1) is 0 Å². The minimum Gasteiger partial charge on any atom is -0.384 e. The fourth-order valence-electron chi connectivity index (χ4n) is 1.32. The highest BCUT2D eigenvalue weighted by atomic mass is 14.8. The first-order chi connectivity index (χ1) is 5.65. The quantitative estimate of drug-likeness (QED) is 0.728. The van der Waals surface area contributed by atoms with Crippen LogP contribution in [0.15, 0.2) is 12.1 Å². The molecule has 0 bridgehead atoms. The van der Waals surface area contributed by atoms with E-state index < -0.39 is 0 Å². The predicted molar refractivity (Wildman–Crippen MR) is 52.1 cm³/mol. The summed E-state index contributed by atoms with van der Waals surface area (Å²) in [7, 11) is 0. The van der Waals surface area contributed by atoms with Gasteiger partial charge in [0.2, 0.25) is 0 Å². The van der Waals surface area contributed by atoms with Crippen molar-refractivity contribution >= 4 is 5.82 Å². The monoisotopic (exact) mass is 164 g/mol. The van der Waals surface area contributed by atoms with E-state index in [2.05, 4.69) is 31.8 Å². The molecule has 0 radical (unpaired) electrons. The predicted octanol–water partition coefficient (Wildman–Crippen LogP) is 2.35. The van der Waals surface area contributed by atoms with Crippen LogP contribution in [0.2, 0.25) is 0 Å². The van der Waals surface area contributed by atoms with Gasteiger partial charge >= 0.3 is 0 Å². The Balaban J connectivity index is 3.12. The Morgan fingerprint density at radius 3 is 2.58 bits per heavy atom. The van der Waals surface area contributed by atoms with Gasteiger partial charge in [0.05, 0.1) is 0 Å². The molecule has 0 saturated heterocycles. The lowest BCUT2D eigenvalue weighted by atomic mass is 10.0. The van der Waals surface area contributed by atoms with Crippen molar-refractivity contribution in [2.24, 2.45) is 0 Å². The summed E-state index contributed by atoms with van der Waals surface area (Å²) in [5.41, 5.74) is 8.05. The van der Waals surface area contributed by atoms with Gasteiger partial charge < -0.3 is 5.73 Å². The second-order valence-corrected chi connectivity index (χ2v) is 3.29. The van der Waals surface area contributed by atoms with Gasteiger partial charge in [-0.25, -0.2) is 4.98 Å². The number of nitrogens with zero attached hydrogens (tertiary/aromatic N) is 1. The lowest BCUT2D eigenvalue weighted by Crippen LogP contribution is -2.02. The van der Waals surface area contributed by atoms with Gasteiger partial charge in [-0.1, -0.05) is 26.8 Å². The van der Waals surface area contributed by atoms with E-state index >= 15 is 0 Å². The molecule has 0 spiro atoms. The van der Waals surface area contributed by atoms with Gasteiger partial charge in [-0.2, -0.15) is 0 Å². The van der Waals surface area contributed by atoms with Crippen LogP contribution in [0.3, 0.4) is 0 Å². The lowest BCUT2D eigenvalue weighted by Gasteiger charge is -2.10. The molecule has 0 aliphatic rings. The first kappa shape index (κ1) is 9.04. The van der Waals surface area contributed by atoms with E-state index in [0.717, 1.165) is 12.1 Å². The zero-order valence-electron chi connectivity index (χ0n) is 7.96. The Kier molecular flexibility index (Phi) is 2.69. The average Bonchev–Trinajstić information content (AvgIpc) is 2.04. The lowest BCUT2D eigenvalue weighted by molar-refractivity contribution is 0.802. The summed E-state index contributed by atoms with van der Waals surface area (Å²) < 4.78 is 0. The second kappa shape index (κ2) is 3.57. The number of pyridine rings is 1. The molecule has 12 heavy (non-hydrogen) atoms. The largest absolute Gasteiger partial charge is 0.384 e. The number of hydrogen-bond donors (Lipinski definition) is 1. The molecule has 2 N–H and O–H groups in total. The minimum atomic E-state index is 0.462. The summed E-state index contributed by atoms with van der Waals surface area (Å²) in [6, 6.07) is 3.93. The van der Waals surface area contributed by atoms with Gasteiger partial charge in [-0.15, -0.1) is 0 Å². The number of hydrogen-bond acceptors (Lipinski definition) is 2. The molecule has 0 fully saturated rings. The highest BCUT2D eigenvalue weighted by Crippen LogP contribution is 2.18. The molecule has 0 aromatic carbocycles.